The number of phenolic OH excluding ortho intramolecular Hbond substituents is 1. The fourth-order valence-corrected chi connectivity index (χ4v) is 1.76. The molecule has 0 spiro atoms. The van der Waals surface area contributed by atoms with Crippen LogP contribution < -0.4 is 4.74 Å². The van der Waals surface area contributed by atoms with E-state index < -0.39 is 23.7 Å². The van der Waals surface area contributed by atoms with Crippen LogP contribution in [-0.4, -0.2) is 11.5 Å². The maximum Gasteiger partial charge on any atom is 0.573 e. The van der Waals surface area contributed by atoms with Gasteiger partial charge in [-0.3, -0.25) is 0 Å². The number of alkyl halides is 3. The lowest BCUT2D eigenvalue weighted by Crippen LogP contribution is -2.17. The lowest BCUT2D eigenvalue weighted by molar-refractivity contribution is -0.275. The van der Waals surface area contributed by atoms with Crippen molar-refractivity contribution in [1.82, 2.24) is 0 Å². The minimum Gasteiger partial charge on any atom is -0.504 e. The lowest BCUT2D eigenvalue weighted by atomic mass is 10.0. The minimum absolute atomic E-state index is 0.193. The number of hydrogen-bond acceptors (Lipinski definition) is 2. The number of aryl methyl sites for hydroxylation is 1. The molecule has 0 aliphatic rings. The first-order chi connectivity index (χ1) is 9.26. The van der Waals surface area contributed by atoms with Gasteiger partial charge in [-0.05, 0) is 36.8 Å². The van der Waals surface area contributed by atoms with Gasteiger partial charge in [0, 0.05) is 5.56 Å². The van der Waals surface area contributed by atoms with E-state index in [1.165, 1.54) is 18.2 Å². The highest BCUT2D eigenvalue weighted by Crippen LogP contribution is 2.35. The van der Waals surface area contributed by atoms with Gasteiger partial charge in [0.05, 0.1) is 0 Å². The van der Waals surface area contributed by atoms with Gasteiger partial charge in [-0.25, -0.2) is 4.39 Å². The second kappa shape index (κ2) is 5.03. The van der Waals surface area contributed by atoms with E-state index in [-0.39, 0.29) is 11.1 Å². The van der Waals surface area contributed by atoms with Crippen LogP contribution in [0.3, 0.4) is 0 Å². The fraction of sp³-hybridized carbons (Fsp3) is 0.143. The number of rotatable bonds is 2. The quantitative estimate of drug-likeness (QED) is 0.829. The van der Waals surface area contributed by atoms with Crippen LogP contribution in [-0.2, 0) is 0 Å². The van der Waals surface area contributed by atoms with Gasteiger partial charge < -0.3 is 9.84 Å². The summed E-state index contributed by atoms with van der Waals surface area (Å²) < 4.78 is 53.5. The largest absolute Gasteiger partial charge is 0.573 e. The maximum absolute atomic E-state index is 13.7. The summed E-state index contributed by atoms with van der Waals surface area (Å²) >= 11 is 0. The average molecular weight is 286 g/mol. The average Bonchev–Trinajstić information content (AvgIpc) is 2.33. The molecule has 0 aliphatic carbocycles. The van der Waals surface area contributed by atoms with E-state index in [1.807, 2.05) is 0 Å². The molecule has 2 rings (SSSR count). The van der Waals surface area contributed by atoms with E-state index in [0.29, 0.717) is 0 Å². The fourth-order valence-electron chi connectivity index (χ4n) is 1.76. The number of aromatic hydroxyl groups is 1. The zero-order chi connectivity index (χ0) is 14.9. The highest BCUT2D eigenvalue weighted by atomic mass is 19.4. The van der Waals surface area contributed by atoms with Gasteiger partial charge in [0.15, 0.2) is 11.5 Å². The summed E-state index contributed by atoms with van der Waals surface area (Å²) in [5.41, 5.74) is 1.24. The molecule has 2 aromatic carbocycles. The Morgan fingerprint density at radius 1 is 1.05 bits per heavy atom. The molecule has 0 amide bonds. The highest BCUT2D eigenvalue weighted by Gasteiger charge is 2.32. The second-order valence-electron chi connectivity index (χ2n) is 4.21. The Labute approximate surface area is 112 Å². The van der Waals surface area contributed by atoms with Crippen LogP contribution in [0.2, 0.25) is 0 Å². The van der Waals surface area contributed by atoms with Gasteiger partial charge in [-0.15, -0.1) is 13.2 Å². The normalized spacial score (nSPS) is 11.4. The van der Waals surface area contributed by atoms with E-state index >= 15 is 0 Å². The Hall–Kier alpha value is -2.24. The van der Waals surface area contributed by atoms with Crippen LogP contribution in [0.4, 0.5) is 17.6 Å². The highest BCUT2D eigenvalue weighted by molar-refractivity contribution is 5.68. The van der Waals surface area contributed by atoms with Gasteiger partial charge in [0.2, 0.25) is 0 Å². The topological polar surface area (TPSA) is 29.5 Å². The SMILES string of the molecule is Cc1ccc(F)c(-c2ccc(OC(F)(F)F)c(O)c2)c1. The second-order valence-corrected chi connectivity index (χ2v) is 4.21. The molecule has 0 unspecified atom stereocenters. The monoisotopic (exact) mass is 286 g/mol. The molecule has 0 fully saturated rings. The summed E-state index contributed by atoms with van der Waals surface area (Å²) in [7, 11) is 0. The molecule has 0 aromatic heterocycles. The van der Waals surface area contributed by atoms with Crippen molar-refractivity contribution in [1.29, 1.82) is 0 Å². The predicted octanol–water partition coefficient (Wildman–Crippen LogP) is 4.41. The molecule has 0 bridgehead atoms. The van der Waals surface area contributed by atoms with Crippen molar-refractivity contribution in [2.75, 3.05) is 0 Å². The number of hydrogen-bond donors (Lipinski definition) is 1. The van der Waals surface area contributed by atoms with Crippen LogP contribution in [0.15, 0.2) is 36.4 Å². The third kappa shape index (κ3) is 3.20. The summed E-state index contributed by atoms with van der Waals surface area (Å²) in [4.78, 5) is 0. The zero-order valence-electron chi connectivity index (χ0n) is 10.3. The van der Waals surface area contributed by atoms with Crippen LogP contribution >= 0.6 is 0 Å². The first-order valence-electron chi connectivity index (χ1n) is 5.61. The van der Waals surface area contributed by atoms with E-state index in [0.717, 1.165) is 17.7 Å². The summed E-state index contributed by atoms with van der Waals surface area (Å²) in [6.45, 7) is 1.75. The zero-order valence-corrected chi connectivity index (χ0v) is 10.3. The molecule has 0 heterocycles. The van der Waals surface area contributed by atoms with Crippen molar-refractivity contribution >= 4 is 0 Å². The third-order valence-corrected chi connectivity index (χ3v) is 2.62. The number of ether oxygens (including phenoxy) is 1. The standard InChI is InChI=1S/C14H10F4O2/c1-8-2-4-11(15)10(6-8)9-3-5-13(12(19)7-9)20-14(16,17)18/h2-7,19H,1H3. The number of phenols is 1. The van der Waals surface area contributed by atoms with Crippen molar-refractivity contribution in [2.24, 2.45) is 0 Å². The Kier molecular flexibility index (Phi) is 3.57. The maximum atomic E-state index is 13.7. The smallest absolute Gasteiger partial charge is 0.504 e. The van der Waals surface area contributed by atoms with Crippen molar-refractivity contribution in [3.05, 3.63) is 47.8 Å². The third-order valence-electron chi connectivity index (χ3n) is 2.62. The Morgan fingerprint density at radius 2 is 1.75 bits per heavy atom. The molecule has 0 saturated carbocycles. The van der Waals surface area contributed by atoms with E-state index in [1.54, 1.807) is 13.0 Å². The Bertz CT molecular complexity index is 636. The molecule has 106 valence electrons. The molecule has 20 heavy (non-hydrogen) atoms. The van der Waals surface area contributed by atoms with Gasteiger partial charge in [-0.2, -0.15) is 0 Å². The number of halogens is 4. The predicted molar refractivity (Wildman–Crippen MR) is 64.9 cm³/mol. The van der Waals surface area contributed by atoms with E-state index in [9.17, 15) is 22.7 Å². The number of benzene rings is 2. The summed E-state index contributed by atoms with van der Waals surface area (Å²) in [5, 5.41) is 9.53. The lowest BCUT2D eigenvalue weighted by Gasteiger charge is -2.12. The molecule has 0 saturated heterocycles. The van der Waals surface area contributed by atoms with Crippen molar-refractivity contribution in [2.45, 2.75) is 13.3 Å². The summed E-state index contributed by atoms with van der Waals surface area (Å²) in [6.07, 6.45) is -4.90. The first kappa shape index (κ1) is 14.2. The van der Waals surface area contributed by atoms with Crippen LogP contribution in [0.25, 0.3) is 11.1 Å². The Balaban J connectivity index is 2.41. The minimum atomic E-state index is -4.90. The molecular weight excluding hydrogens is 276 g/mol. The van der Waals surface area contributed by atoms with Crippen molar-refractivity contribution in [3.8, 4) is 22.6 Å². The van der Waals surface area contributed by atoms with Gasteiger partial charge >= 0.3 is 6.36 Å². The van der Waals surface area contributed by atoms with Gasteiger partial charge in [-0.1, -0.05) is 17.7 Å². The molecule has 2 aromatic rings. The molecule has 6 heteroatoms. The molecular formula is C14H10F4O2. The van der Waals surface area contributed by atoms with E-state index in [2.05, 4.69) is 4.74 Å². The van der Waals surface area contributed by atoms with Crippen LogP contribution in [0, 0.1) is 12.7 Å². The Morgan fingerprint density at radius 3 is 2.35 bits per heavy atom. The van der Waals surface area contributed by atoms with Crippen molar-refractivity contribution < 1.29 is 27.4 Å². The van der Waals surface area contributed by atoms with Crippen LogP contribution in [0.1, 0.15) is 5.56 Å². The summed E-state index contributed by atoms with van der Waals surface area (Å²) in [5.74, 6) is -1.96. The molecule has 1 N–H and O–H groups in total. The van der Waals surface area contributed by atoms with Crippen LogP contribution in [0.5, 0.6) is 11.5 Å². The van der Waals surface area contributed by atoms with Crippen molar-refractivity contribution in [3.63, 3.8) is 0 Å². The van der Waals surface area contributed by atoms with E-state index in [4.69, 9.17) is 0 Å². The molecule has 0 atom stereocenters. The molecule has 0 radical (unpaired) electrons. The summed E-state index contributed by atoms with van der Waals surface area (Å²) in [6, 6.07) is 7.58. The molecule has 0 aliphatic heterocycles. The van der Waals surface area contributed by atoms with Gasteiger partial charge in [0.25, 0.3) is 0 Å². The molecule has 2 nitrogen and oxygen atoms in total. The van der Waals surface area contributed by atoms with Gasteiger partial charge in [0.1, 0.15) is 5.82 Å². The first-order valence-corrected chi connectivity index (χ1v) is 5.61.